The summed E-state index contributed by atoms with van der Waals surface area (Å²) in [6, 6.07) is 5.91. The van der Waals surface area contributed by atoms with Gasteiger partial charge in [-0.3, -0.25) is 10.2 Å². The van der Waals surface area contributed by atoms with E-state index < -0.39 is 0 Å². The first-order valence-electron chi connectivity index (χ1n) is 8.12. The molecule has 1 fully saturated rings. The summed E-state index contributed by atoms with van der Waals surface area (Å²) in [6.45, 7) is 5.07. The lowest BCUT2D eigenvalue weighted by atomic mass is 10.2. The Balaban J connectivity index is 1.88. The van der Waals surface area contributed by atoms with E-state index in [1.807, 2.05) is 24.3 Å². The normalized spacial score (nSPS) is 17.7. The van der Waals surface area contributed by atoms with Crippen molar-refractivity contribution in [1.82, 2.24) is 15.2 Å². The maximum atomic E-state index is 12.7. The Morgan fingerprint density at radius 1 is 1.44 bits per heavy atom. The van der Waals surface area contributed by atoms with Gasteiger partial charge in [0, 0.05) is 5.88 Å². The average molecular weight is 399 g/mol. The van der Waals surface area contributed by atoms with Crippen molar-refractivity contribution in [3.63, 3.8) is 0 Å². The number of benzene rings is 1. The topological polar surface area (TPSA) is 48.5 Å². The minimum Gasteiger partial charge on any atom is -0.307 e. The van der Waals surface area contributed by atoms with Gasteiger partial charge in [-0.25, -0.2) is 9.78 Å². The van der Waals surface area contributed by atoms with Gasteiger partial charge in [0.05, 0.1) is 22.8 Å². The van der Waals surface area contributed by atoms with Gasteiger partial charge >= 0.3 is 6.03 Å². The number of alkyl halides is 2. The van der Waals surface area contributed by atoms with Gasteiger partial charge < -0.3 is 4.90 Å². The molecule has 8 heteroatoms. The Bertz CT molecular complexity index is 766. The molecule has 0 saturated carbocycles. The smallest absolute Gasteiger partial charge is 0.307 e. The molecule has 1 aromatic carbocycles. The van der Waals surface area contributed by atoms with Crippen LogP contribution in [0.15, 0.2) is 30.9 Å². The molecule has 0 spiro atoms. The predicted molar refractivity (Wildman–Crippen MR) is 106 cm³/mol. The van der Waals surface area contributed by atoms with E-state index in [0.29, 0.717) is 17.6 Å². The lowest BCUT2D eigenvalue weighted by Gasteiger charge is -2.21. The Kier molecular flexibility index (Phi) is 6.17. The van der Waals surface area contributed by atoms with Crippen LogP contribution in [0.4, 0.5) is 9.93 Å². The first-order valence-corrected chi connectivity index (χ1v) is 10.0. The number of hydrogen-bond donors (Lipinski definition) is 1. The number of fused-ring (bicyclic) bond motifs is 1. The van der Waals surface area contributed by atoms with Gasteiger partial charge in [-0.15, -0.1) is 29.8 Å². The second kappa shape index (κ2) is 8.36. The molecular weight excluding hydrogens is 379 g/mol. The molecule has 0 aliphatic carbocycles. The van der Waals surface area contributed by atoms with Crippen molar-refractivity contribution in [1.29, 1.82) is 0 Å². The number of allylic oxidation sites excluding steroid dienone is 1. The molecule has 2 aromatic rings. The standard InChI is InChI=1S/C17H20Cl2N4OS/c1-2-3-4-8-20-14-10-22(11-19)17(24)23(14)16-21-13-7-5-6-12(9-18)15(13)25-16/h2,5-7,14,20H,1,3-4,8-11H2. The number of unbranched alkanes of at least 4 members (excludes halogenated alkanes) is 1. The zero-order valence-corrected chi connectivity index (χ0v) is 16.1. The van der Waals surface area contributed by atoms with Gasteiger partial charge in [0.1, 0.15) is 6.17 Å². The summed E-state index contributed by atoms with van der Waals surface area (Å²) in [6.07, 6.45) is 3.66. The minimum atomic E-state index is -0.143. The summed E-state index contributed by atoms with van der Waals surface area (Å²) >= 11 is 13.5. The molecule has 1 saturated heterocycles. The average Bonchev–Trinajstić information content (AvgIpc) is 3.18. The van der Waals surface area contributed by atoms with Crippen LogP contribution in [0.1, 0.15) is 18.4 Å². The maximum Gasteiger partial charge on any atom is 0.328 e. The second-order valence-corrected chi connectivity index (χ2v) is 7.27. The van der Waals surface area contributed by atoms with Crippen molar-refractivity contribution in [2.24, 2.45) is 0 Å². The number of carbonyl (C=O) groups excluding carboxylic acids is 1. The second-order valence-electron chi connectivity index (χ2n) is 5.79. The third-order valence-electron chi connectivity index (χ3n) is 4.13. The first-order chi connectivity index (χ1) is 12.2. The van der Waals surface area contributed by atoms with E-state index in [4.69, 9.17) is 23.2 Å². The number of nitrogens with zero attached hydrogens (tertiary/aromatic N) is 3. The van der Waals surface area contributed by atoms with E-state index in [9.17, 15) is 4.79 Å². The number of rotatable bonds is 8. The number of aromatic nitrogens is 1. The van der Waals surface area contributed by atoms with E-state index in [1.54, 1.807) is 9.80 Å². The van der Waals surface area contributed by atoms with Crippen LogP contribution >= 0.6 is 34.5 Å². The van der Waals surface area contributed by atoms with Crippen LogP contribution < -0.4 is 10.2 Å². The Labute approximate surface area is 161 Å². The zero-order valence-electron chi connectivity index (χ0n) is 13.8. The Hall–Kier alpha value is -1.34. The van der Waals surface area contributed by atoms with Crippen LogP contribution in [0, 0.1) is 0 Å². The molecule has 1 atom stereocenters. The fourth-order valence-electron chi connectivity index (χ4n) is 2.84. The van der Waals surface area contributed by atoms with Gasteiger partial charge in [0.2, 0.25) is 0 Å². The molecule has 1 aliphatic heterocycles. The number of carbonyl (C=O) groups is 1. The van der Waals surface area contributed by atoms with Crippen LogP contribution in [0.3, 0.4) is 0 Å². The number of halogens is 2. The van der Waals surface area contributed by atoms with Crippen molar-refractivity contribution >= 4 is 55.9 Å². The van der Waals surface area contributed by atoms with E-state index in [1.165, 1.54) is 11.3 Å². The quantitative estimate of drug-likeness (QED) is 0.311. The molecular formula is C17H20Cl2N4OS. The minimum absolute atomic E-state index is 0.122. The summed E-state index contributed by atoms with van der Waals surface area (Å²) < 4.78 is 1.02. The number of hydrogen-bond acceptors (Lipinski definition) is 4. The Morgan fingerprint density at radius 3 is 3.00 bits per heavy atom. The highest BCUT2D eigenvalue weighted by atomic mass is 35.5. The number of anilines is 1. The fourth-order valence-corrected chi connectivity index (χ4v) is 4.46. The van der Waals surface area contributed by atoms with Gasteiger partial charge in [0.25, 0.3) is 0 Å². The van der Waals surface area contributed by atoms with E-state index >= 15 is 0 Å². The molecule has 2 amide bonds. The molecule has 1 aromatic heterocycles. The largest absolute Gasteiger partial charge is 0.328 e. The van der Waals surface area contributed by atoms with Gasteiger partial charge in [-0.1, -0.05) is 29.5 Å². The molecule has 2 heterocycles. The van der Waals surface area contributed by atoms with E-state index in [0.717, 1.165) is 35.2 Å². The highest BCUT2D eigenvalue weighted by Crippen LogP contribution is 2.35. The SMILES string of the molecule is C=CCCCNC1CN(CCl)C(=O)N1c1nc2cccc(CCl)c2s1. The lowest BCUT2D eigenvalue weighted by Crippen LogP contribution is -2.44. The highest BCUT2D eigenvalue weighted by Gasteiger charge is 2.39. The van der Waals surface area contributed by atoms with Crippen molar-refractivity contribution in [2.75, 3.05) is 24.0 Å². The third-order valence-corrected chi connectivity index (χ3v) is 5.85. The molecule has 0 bridgehead atoms. The van der Waals surface area contributed by atoms with Gasteiger partial charge in [-0.05, 0) is 31.0 Å². The number of nitrogens with one attached hydrogen (secondary N) is 1. The zero-order chi connectivity index (χ0) is 17.8. The molecule has 134 valence electrons. The molecule has 5 nitrogen and oxygen atoms in total. The number of amides is 2. The lowest BCUT2D eigenvalue weighted by molar-refractivity contribution is 0.227. The molecule has 1 N–H and O–H groups in total. The fraction of sp³-hybridized carbons (Fsp3) is 0.412. The first kappa shape index (κ1) is 18.5. The van der Waals surface area contributed by atoms with E-state index in [2.05, 4.69) is 16.9 Å². The maximum absolute atomic E-state index is 12.7. The number of thiazole rings is 1. The van der Waals surface area contributed by atoms with Gasteiger partial charge in [-0.2, -0.15) is 0 Å². The summed E-state index contributed by atoms with van der Waals surface area (Å²) in [5, 5.41) is 4.10. The monoisotopic (exact) mass is 398 g/mol. The van der Waals surface area contributed by atoms with Crippen molar-refractivity contribution in [3.8, 4) is 0 Å². The third kappa shape index (κ3) is 3.77. The molecule has 25 heavy (non-hydrogen) atoms. The molecule has 1 unspecified atom stereocenters. The van der Waals surface area contributed by atoms with Crippen molar-refractivity contribution in [2.45, 2.75) is 24.9 Å². The van der Waals surface area contributed by atoms with Crippen LogP contribution in [0.2, 0.25) is 0 Å². The van der Waals surface area contributed by atoms with Crippen molar-refractivity contribution in [3.05, 3.63) is 36.4 Å². The van der Waals surface area contributed by atoms with Crippen molar-refractivity contribution < 1.29 is 4.79 Å². The van der Waals surface area contributed by atoms with Gasteiger partial charge in [0.15, 0.2) is 5.13 Å². The van der Waals surface area contributed by atoms with Crippen LogP contribution in [0.25, 0.3) is 10.2 Å². The number of urea groups is 1. The summed E-state index contributed by atoms with van der Waals surface area (Å²) in [5.41, 5.74) is 1.89. The molecule has 3 rings (SSSR count). The Morgan fingerprint density at radius 2 is 2.28 bits per heavy atom. The van der Waals surface area contributed by atoms with E-state index in [-0.39, 0.29) is 18.2 Å². The molecule has 0 radical (unpaired) electrons. The molecule has 1 aliphatic rings. The summed E-state index contributed by atoms with van der Waals surface area (Å²) in [7, 11) is 0. The highest BCUT2D eigenvalue weighted by molar-refractivity contribution is 7.22. The summed E-state index contributed by atoms with van der Waals surface area (Å²) in [5.74, 6) is 0.421. The van der Waals surface area contributed by atoms with Crippen LogP contribution in [0.5, 0.6) is 0 Å². The summed E-state index contributed by atoms with van der Waals surface area (Å²) in [4.78, 5) is 20.7. The van der Waals surface area contributed by atoms with Crippen LogP contribution in [-0.2, 0) is 5.88 Å². The predicted octanol–water partition coefficient (Wildman–Crippen LogP) is 4.36. The van der Waals surface area contributed by atoms with Crippen LogP contribution in [-0.4, -0.2) is 41.2 Å².